The van der Waals surface area contributed by atoms with E-state index < -0.39 is 0 Å². The molecule has 0 saturated carbocycles. The average molecular weight is 463 g/mol. The number of amides is 1. The summed E-state index contributed by atoms with van der Waals surface area (Å²) in [5.74, 6) is 1.28. The molecule has 178 valence electrons. The molecule has 2 aliphatic rings. The minimum absolute atomic E-state index is 0.261. The van der Waals surface area contributed by atoms with E-state index in [1.807, 2.05) is 17.0 Å². The van der Waals surface area contributed by atoms with Gasteiger partial charge >= 0.3 is 0 Å². The van der Waals surface area contributed by atoms with Crippen molar-refractivity contribution >= 4 is 11.6 Å². The Morgan fingerprint density at radius 3 is 2.56 bits per heavy atom. The maximum Gasteiger partial charge on any atom is 0.222 e. The highest BCUT2D eigenvalue weighted by Gasteiger charge is 2.30. The molecule has 3 aromatic rings. The molecule has 2 unspecified atom stereocenters. The second-order valence-electron chi connectivity index (χ2n) is 9.31. The summed E-state index contributed by atoms with van der Waals surface area (Å²) >= 11 is 0. The normalized spacial score (nSPS) is 21.0. The van der Waals surface area contributed by atoms with Gasteiger partial charge < -0.3 is 19.6 Å². The molecular formula is C27H31FN4O2. The Hall–Kier alpha value is -3.19. The minimum Gasteiger partial charge on any atom is -0.368 e. The minimum atomic E-state index is -0.272. The van der Waals surface area contributed by atoms with Crippen molar-refractivity contribution in [1.82, 2.24) is 15.4 Å². The van der Waals surface area contributed by atoms with Gasteiger partial charge in [0.05, 0.1) is 5.69 Å². The van der Waals surface area contributed by atoms with Crippen LogP contribution in [0.15, 0.2) is 65.2 Å². The van der Waals surface area contributed by atoms with Gasteiger partial charge in [-0.05, 0) is 74.2 Å². The Balaban J connectivity index is 1.17. The van der Waals surface area contributed by atoms with Gasteiger partial charge in [-0.15, -0.1) is 0 Å². The molecule has 2 fully saturated rings. The Morgan fingerprint density at radius 2 is 1.79 bits per heavy atom. The fourth-order valence-corrected chi connectivity index (χ4v) is 5.12. The van der Waals surface area contributed by atoms with Gasteiger partial charge in [-0.25, -0.2) is 4.39 Å². The molecule has 5 rings (SSSR count). The lowest BCUT2D eigenvalue weighted by molar-refractivity contribution is -0.133. The first-order chi connectivity index (χ1) is 16.7. The lowest BCUT2D eigenvalue weighted by Crippen LogP contribution is -2.50. The third-order valence-corrected chi connectivity index (χ3v) is 7.11. The fourth-order valence-electron chi connectivity index (χ4n) is 5.12. The summed E-state index contributed by atoms with van der Waals surface area (Å²) in [5, 5.41) is 7.73. The molecule has 1 amide bonds. The number of nitrogens with zero attached hydrogens (tertiary/aromatic N) is 3. The average Bonchev–Trinajstić information content (AvgIpc) is 3.35. The maximum atomic E-state index is 13.2. The number of para-hydroxylation sites is 1. The molecule has 2 aliphatic heterocycles. The van der Waals surface area contributed by atoms with Crippen LogP contribution in [0.2, 0.25) is 0 Å². The lowest BCUT2D eigenvalue weighted by atomic mass is 9.81. The number of nitrogens with one attached hydrogen (secondary N) is 1. The van der Waals surface area contributed by atoms with E-state index >= 15 is 0 Å². The number of hydrogen-bond donors (Lipinski definition) is 1. The van der Waals surface area contributed by atoms with Crippen LogP contribution in [0, 0.1) is 17.7 Å². The Labute approximate surface area is 199 Å². The number of carbonyl (C=O) groups is 1. The van der Waals surface area contributed by atoms with Crippen LogP contribution in [0.5, 0.6) is 0 Å². The highest BCUT2D eigenvalue weighted by molar-refractivity contribution is 5.77. The topological polar surface area (TPSA) is 61.6 Å². The number of hydrogen-bond acceptors (Lipinski definition) is 5. The Morgan fingerprint density at radius 1 is 1.03 bits per heavy atom. The van der Waals surface area contributed by atoms with Crippen molar-refractivity contribution in [2.24, 2.45) is 11.8 Å². The third-order valence-electron chi connectivity index (χ3n) is 7.11. The van der Waals surface area contributed by atoms with Crippen molar-refractivity contribution in [3.63, 3.8) is 0 Å². The lowest BCUT2D eigenvalue weighted by Gasteiger charge is -2.38. The van der Waals surface area contributed by atoms with Crippen molar-refractivity contribution in [2.75, 3.05) is 44.2 Å². The van der Waals surface area contributed by atoms with E-state index in [2.05, 4.69) is 39.6 Å². The van der Waals surface area contributed by atoms with Crippen LogP contribution in [0.1, 0.15) is 18.5 Å². The number of piperidine rings is 1. The molecule has 3 heterocycles. The first-order valence-electron chi connectivity index (χ1n) is 12.2. The number of aromatic nitrogens is 1. The van der Waals surface area contributed by atoms with Gasteiger partial charge in [-0.1, -0.05) is 23.4 Å². The van der Waals surface area contributed by atoms with Crippen LogP contribution in [0.4, 0.5) is 10.1 Å². The summed E-state index contributed by atoms with van der Waals surface area (Å²) in [4.78, 5) is 17.5. The zero-order chi connectivity index (χ0) is 23.3. The zero-order valence-electron chi connectivity index (χ0n) is 19.3. The number of piperazine rings is 1. The largest absolute Gasteiger partial charge is 0.368 e. The predicted molar refractivity (Wildman–Crippen MR) is 130 cm³/mol. The summed E-state index contributed by atoms with van der Waals surface area (Å²) in [6, 6.07) is 18.6. The molecule has 1 N–H and O–H groups in total. The molecule has 34 heavy (non-hydrogen) atoms. The van der Waals surface area contributed by atoms with Crippen LogP contribution in [-0.2, 0) is 11.2 Å². The zero-order valence-corrected chi connectivity index (χ0v) is 19.3. The van der Waals surface area contributed by atoms with Crippen LogP contribution >= 0.6 is 0 Å². The van der Waals surface area contributed by atoms with Gasteiger partial charge in [0, 0.05) is 49.9 Å². The highest BCUT2D eigenvalue weighted by atomic mass is 19.1. The molecule has 0 bridgehead atoms. The Bertz CT molecular complexity index is 1080. The summed E-state index contributed by atoms with van der Waals surface area (Å²) in [6.45, 7) is 5.10. The molecule has 0 aliphatic carbocycles. The standard InChI is InChI=1S/C27H31FN4O2/c28-23-8-6-20(7-9-23)26-18-24(30-34-26)16-22-19-29-11-10-21(22)17-27(33)32-14-12-31(13-15-32)25-4-2-1-3-5-25/h1-9,18,21-22,29H,10-17,19H2. The Kier molecular flexibility index (Phi) is 6.90. The van der Waals surface area contributed by atoms with Crippen LogP contribution in [0.25, 0.3) is 11.3 Å². The van der Waals surface area contributed by atoms with Gasteiger partial charge in [-0.3, -0.25) is 4.79 Å². The number of rotatable bonds is 6. The number of halogens is 1. The van der Waals surface area contributed by atoms with Crippen molar-refractivity contribution < 1.29 is 13.7 Å². The van der Waals surface area contributed by atoms with Crippen LogP contribution < -0.4 is 10.2 Å². The third kappa shape index (κ3) is 5.30. The SMILES string of the molecule is O=C(CC1CCNCC1Cc1cc(-c2ccc(F)cc2)on1)N1CCN(c2ccccc2)CC1. The van der Waals surface area contributed by atoms with Crippen LogP contribution in [0.3, 0.4) is 0 Å². The summed E-state index contributed by atoms with van der Waals surface area (Å²) in [7, 11) is 0. The van der Waals surface area contributed by atoms with Gasteiger partial charge in [0.25, 0.3) is 0 Å². The number of benzene rings is 2. The quantitative estimate of drug-likeness (QED) is 0.600. The predicted octanol–water partition coefficient (Wildman–Crippen LogP) is 3.99. The summed E-state index contributed by atoms with van der Waals surface area (Å²) in [5.41, 5.74) is 2.91. The van der Waals surface area contributed by atoms with Crippen molar-refractivity contribution in [3.8, 4) is 11.3 Å². The van der Waals surface area contributed by atoms with E-state index in [9.17, 15) is 9.18 Å². The summed E-state index contributed by atoms with van der Waals surface area (Å²) in [6.07, 6.45) is 2.33. The van der Waals surface area contributed by atoms with Gasteiger partial charge in [0.2, 0.25) is 5.91 Å². The van der Waals surface area contributed by atoms with E-state index in [1.165, 1.54) is 17.8 Å². The first-order valence-corrected chi connectivity index (χ1v) is 12.2. The molecule has 1 aromatic heterocycles. The van der Waals surface area contributed by atoms with Gasteiger partial charge in [-0.2, -0.15) is 0 Å². The molecule has 6 nitrogen and oxygen atoms in total. The van der Waals surface area contributed by atoms with Crippen molar-refractivity contribution in [2.45, 2.75) is 19.3 Å². The van der Waals surface area contributed by atoms with E-state index in [0.717, 1.165) is 63.4 Å². The number of carbonyl (C=O) groups excluding carboxylic acids is 1. The molecular weight excluding hydrogens is 431 g/mol. The maximum absolute atomic E-state index is 13.2. The van der Waals surface area contributed by atoms with E-state index in [1.54, 1.807) is 12.1 Å². The summed E-state index contributed by atoms with van der Waals surface area (Å²) < 4.78 is 18.7. The van der Waals surface area contributed by atoms with E-state index in [-0.39, 0.29) is 11.7 Å². The fraction of sp³-hybridized carbons (Fsp3) is 0.407. The first kappa shape index (κ1) is 22.6. The molecule has 7 heteroatoms. The molecule has 0 radical (unpaired) electrons. The van der Waals surface area contributed by atoms with Crippen molar-refractivity contribution in [1.29, 1.82) is 0 Å². The van der Waals surface area contributed by atoms with E-state index in [0.29, 0.717) is 24.0 Å². The molecule has 0 spiro atoms. The van der Waals surface area contributed by atoms with E-state index in [4.69, 9.17) is 4.52 Å². The molecule has 2 aromatic carbocycles. The highest BCUT2D eigenvalue weighted by Crippen LogP contribution is 2.29. The molecule has 2 saturated heterocycles. The second-order valence-corrected chi connectivity index (χ2v) is 9.31. The molecule has 2 atom stereocenters. The van der Waals surface area contributed by atoms with Gasteiger partial charge in [0.1, 0.15) is 5.82 Å². The second kappa shape index (κ2) is 10.4. The smallest absolute Gasteiger partial charge is 0.222 e. The van der Waals surface area contributed by atoms with Gasteiger partial charge in [0.15, 0.2) is 5.76 Å². The number of anilines is 1. The van der Waals surface area contributed by atoms with Crippen LogP contribution in [-0.4, -0.2) is 55.2 Å². The van der Waals surface area contributed by atoms with Crippen molar-refractivity contribution in [3.05, 3.63) is 72.2 Å². The monoisotopic (exact) mass is 462 g/mol.